The van der Waals surface area contributed by atoms with Gasteiger partial charge in [0.05, 0.1) is 0 Å². The molecule has 0 saturated heterocycles. The van der Waals surface area contributed by atoms with Crippen molar-refractivity contribution >= 4 is 11.4 Å². The number of benzene rings is 9. The Morgan fingerprint density at radius 2 is 0.328 bits per heavy atom. The molecule has 0 heterocycles. The Hall–Kier alpha value is -9.02. The molecular weight excluding hydrogens is 805 g/mol. The lowest BCUT2D eigenvalue weighted by Crippen LogP contribution is -1.90. The maximum absolute atomic E-state index is 6.12. The largest absolute Gasteiger partial charge is 0.457 e. The lowest BCUT2D eigenvalue weighted by atomic mass is 10.3. The van der Waals surface area contributed by atoms with Crippen LogP contribution in [0.3, 0.4) is 0 Å². The van der Waals surface area contributed by atoms with E-state index >= 15 is 0 Å². The lowest BCUT2D eigenvalue weighted by Gasteiger charge is -2.12. The highest BCUT2D eigenvalue weighted by Gasteiger charge is 2.08. The Morgan fingerprint density at radius 1 is 0.172 bits per heavy atom. The normalized spacial score (nSPS) is 10.6. The smallest absolute Gasteiger partial charge is 0.131 e. The zero-order chi connectivity index (χ0) is 43.5. The van der Waals surface area contributed by atoms with E-state index in [1.165, 1.54) is 0 Å². The van der Waals surface area contributed by atoms with Crippen LogP contribution in [0.5, 0.6) is 92.0 Å². The maximum Gasteiger partial charge on any atom is 0.131 e. The van der Waals surface area contributed by atoms with Crippen molar-refractivity contribution in [3.63, 3.8) is 0 Å². The summed E-state index contributed by atoms with van der Waals surface area (Å²) in [4.78, 5) is 0. The second kappa shape index (κ2) is 19.1. The van der Waals surface area contributed by atoms with Gasteiger partial charge in [0.2, 0.25) is 0 Å². The molecule has 9 rings (SSSR count). The lowest BCUT2D eigenvalue weighted by molar-refractivity contribution is 0.448. The minimum absolute atomic E-state index is 0.614. The minimum Gasteiger partial charge on any atom is -0.457 e. The first-order valence-corrected chi connectivity index (χ1v) is 20.2. The summed E-state index contributed by atoms with van der Waals surface area (Å²) < 4.78 is 48.5. The molecule has 0 aliphatic carbocycles. The summed E-state index contributed by atoms with van der Waals surface area (Å²) in [6.07, 6.45) is 0. The fourth-order valence-electron chi connectivity index (χ4n) is 6.38. The molecule has 0 fully saturated rings. The summed E-state index contributed by atoms with van der Waals surface area (Å²) in [5.74, 6) is 10.2. The summed E-state index contributed by atoms with van der Waals surface area (Å²) in [6, 6.07) is 66.3. The molecule has 0 saturated carbocycles. The first-order chi connectivity index (χ1) is 31.4. The van der Waals surface area contributed by atoms with Crippen LogP contribution in [0.15, 0.2) is 218 Å². The molecule has 0 amide bonds. The predicted molar refractivity (Wildman–Crippen MR) is 247 cm³/mol. The van der Waals surface area contributed by atoms with Crippen LogP contribution in [-0.2, 0) is 0 Å². The Kier molecular flexibility index (Phi) is 12.1. The molecule has 0 aromatic heterocycles. The zero-order valence-corrected chi connectivity index (χ0v) is 34.2. The molecular formula is C54H40N2O8. The van der Waals surface area contributed by atoms with Gasteiger partial charge in [0, 0.05) is 47.8 Å². The summed E-state index contributed by atoms with van der Waals surface area (Å²) in [5, 5.41) is 0. The van der Waals surface area contributed by atoms with Crippen molar-refractivity contribution in [2.75, 3.05) is 11.5 Å². The molecule has 0 atom stereocenters. The average Bonchev–Trinajstić information content (AvgIpc) is 3.29. The summed E-state index contributed by atoms with van der Waals surface area (Å²) >= 11 is 0. The Balaban J connectivity index is 0.741. The van der Waals surface area contributed by atoms with Crippen molar-refractivity contribution in [3.05, 3.63) is 218 Å². The van der Waals surface area contributed by atoms with Crippen molar-refractivity contribution in [2.45, 2.75) is 0 Å². The van der Waals surface area contributed by atoms with E-state index in [9.17, 15) is 0 Å². The molecule has 0 unspecified atom stereocenters. The van der Waals surface area contributed by atoms with Crippen LogP contribution >= 0.6 is 0 Å². The van der Waals surface area contributed by atoms with Crippen molar-refractivity contribution < 1.29 is 37.9 Å². The minimum atomic E-state index is 0.614. The van der Waals surface area contributed by atoms with E-state index in [-0.39, 0.29) is 0 Å². The average molecular weight is 845 g/mol. The van der Waals surface area contributed by atoms with E-state index < -0.39 is 0 Å². The van der Waals surface area contributed by atoms with E-state index in [1.54, 1.807) is 12.1 Å². The predicted octanol–water partition coefficient (Wildman–Crippen LogP) is 15.2. The second-order valence-electron chi connectivity index (χ2n) is 14.3. The number of rotatable bonds is 16. The maximum atomic E-state index is 6.12. The third kappa shape index (κ3) is 11.2. The Morgan fingerprint density at radius 3 is 0.531 bits per heavy atom. The summed E-state index contributed by atoms with van der Waals surface area (Å²) in [6.45, 7) is 0. The number of ether oxygens (including phenoxy) is 8. The molecule has 0 spiro atoms. The van der Waals surface area contributed by atoms with Gasteiger partial charge >= 0.3 is 0 Å². The second-order valence-corrected chi connectivity index (χ2v) is 14.3. The monoisotopic (exact) mass is 844 g/mol. The van der Waals surface area contributed by atoms with E-state index in [1.807, 2.05) is 206 Å². The van der Waals surface area contributed by atoms with Gasteiger partial charge in [-0.3, -0.25) is 0 Å². The highest BCUT2D eigenvalue weighted by molar-refractivity contribution is 5.49. The third-order valence-electron chi connectivity index (χ3n) is 9.30. The summed E-state index contributed by atoms with van der Waals surface area (Å²) in [5.41, 5.74) is 13.0. The van der Waals surface area contributed by atoms with Crippen molar-refractivity contribution in [1.29, 1.82) is 0 Å². The number of nitrogens with two attached hydrogens (primary N) is 2. The van der Waals surface area contributed by atoms with Crippen molar-refractivity contribution in [3.8, 4) is 92.0 Å². The highest BCUT2D eigenvalue weighted by atomic mass is 16.5. The van der Waals surface area contributed by atoms with Gasteiger partial charge in [0.25, 0.3) is 0 Å². The highest BCUT2D eigenvalue weighted by Crippen LogP contribution is 2.35. The molecule has 0 bridgehead atoms. The molecule has 10 nitrogen and oxygen atoms in total. The number of nitrogen functional groups attached to an aromatic ring is 2. The molecule has 9 aromatic rings. The van der Waals surface area contributed by atoms with Gasteiger partial charge < -0.3 is 49.4 Å². The van der Waals surface area contributed by atoms with Gasteiger partial charge in [-0.2, -0.15) is 0 Å². The van der Waals surface area contributed by atoms with Crippen LogP contribution in [-0.4, -0.2) is 0 Å². The molecule has 4 N–H and O–H groups in total. The molecule has 64 heavy (non-hydrogen) atoms. The molecule has 0 aliphatic rings. The van der Waals surface area contributed by atoms with Gasteiger partial charge in [-0.15, -0.1) is 0 Å². The summed E-state index contributed by atoms with van der Waals surface area (Å²) in [7, 11) is 0. The fourth-order valence-corrected chi connectivity index (χ4v) is 6.38. The van der Waals surface area contributed by atoms with Gasteiger partial charge in [-0.1, -0.05) is 36.4 Å². The number of hydrogen-bond acceptors (Lipinski definition) is 10. The zero-order valence-electron chi connectivity index (χ0n) is 34.2. The molecule has 0 radical (unpaired) electrons. The van der Waals surface area contributed by atoms with Crippen molar-refractivity contribution in [2.24, 2.45) is 0 Å². The standard InChI is InChI=1S/C54H40N2O8/c55-37-7-1-9-45(31-37)61-49-13-5-17-53(35-49)63-51-15-3-11-47(33-51)59-43-27-23-41(24-28-43)57-39-19-21-40(22-20-39)58-42-25-29-44(30-26-42)60-48-12-4-16-52(34-48)64-54-18-6-14-50(36-54)62-46-10-2-8-38(56)32-46/h1-36H,55-56H2. The van der Waals surface area contributed by atoms with Gasteiger partial charge in [-0.05, 0) is 146 Å². The topological polar surface area (TPSA) is 126 Å². The van der Waals surface area contributed by atoms with Crippen LogP contribution < -0.4 is 49.4 Å². The van der Waals surface area contributed by atoms with E-state index in [0.717, 1.165) is 0 Å². The Labute approximate surface area is 369 Å². The number of anilines is 2. The van der Waals surface area contributed by atoms with Crippen LogP contribution in [0.4, 0.5) is 11.4 Å². The van der Waals surface area contributed by atoms with Gasteiger partial charge in [-0.25, -0.2) is 0 Å². The van der Waals surface area contributed by atoms with Crippen molar-refractivity contribution in [1.82, 2.24) is 0 Å². The van der Waals surface area contributed by atoms with E-state index in [0.29, 0.717) is 103 Å². The van der Waals surface area contributed by atoms with Crippen LogP contribution in [0.2, 0.25) is 0 Å². The third-order valence-corrected chi connectivity index (χ3v) is 9.30. The quantitative estimate of drug-likeness (QED) is 0.0908. The van der Waals surface area contributed by atoms with E-state index in [2.05, 4.69) is 0 Å². The van der Waals surface area contributed by atoms with E-state index in [4.69, 9.17) is 49.4 Å². The van der Waals surface area contributed by atoms with Crippen LogP contribution in [0.1, 0.15) is 0 Å². The fraction of sp³-hybridized carbons (Fsp3) is 0. The van der Waals surface area contributed by atoms with Crippen LogP contribution in [0.25, 0.3) is 0 Å². The Bertz CT molecular complexity index is 2770. The van der Waals surface area contributed by atoms with Gasteiger partial charge in [0.15, 0.2) is 0 Å². The first-order valence-electron chi connectivity index (χ1n) is 20.2. The molecule has 0 aliphatic heterocycles. The molecule has 314 valence electrons. The van der Waals surface area contributed by atoms with Gasteiger partial charge in [0.1, 0.15) is 92.0 Å². The first kappa shape index (κ1) is 40.4. The molecule has 9 aromatic carbocycles. The SMILES string of the molecule is Nc1cccc(Oc2cccc(Oc3cccc(Oc4ccc(Oc5ccc(Oc6ccc(Oc7cccc(Oc8cccc(Oc9cccc(N)c9)c8)c7)cc6)cc5)cc4)c3)c2)c1. The van der Waals surface area contributed by atoms with Crippen LogP contribution in [0, 0.1) is 0 Å². The number of hydrogen-bond donors (Lipinski definition) is 2. The molecule has 10 heteroatoms.